The normalized spacial score (nSPS) is 11.0. The molecule has 0 radical (unpaired) electrons. The fourth-order valence-electron chi connectivity index (χ4n) is 1.77. The van der Waals surface area contributed by atoms with Gasteiger partial charge in [-0.2, -0.15) is 5.26 Å². The van der Waals surface area contributed by atoms with Crippen molar-refractivity contribution in [3.8, 4) is 6.07 Å². The first-order valence-electron chi connectivity index (χ1n) is 6.24. The lowest BCUT2D eigenvalue weighted by atomic mass is 10.1. The molecule has 0 spiro atoms. The Hall–Kier alpha value is -1.90. The molecule has 106 valence electrons. The van der Waals surface area contributed by atoms with Gasteiger partial charge in [0.15, 0.2) is 0 Å². The smallest absolute Gasteiger partial charge is 0.266 e. The molecule has 0 aliphatic rings. The third kappa shape index (κ3) is 4.03. The van der Waals surface area contributed by atoms with E-state index in [2.05, 4.69) is 21.2 Å². The zero-order valence-electron chi connectivity index (χ0n) is 11.6. The molecule has 21 heavy (non-hydrogen) atoms. The number of halogens is 1. The Morgan fingerprint density at radius 2 is 2.14 bits per heavy atom. The summed E-state index contributed by atoms with van der Waals surface area (Å²) < 4.78 is 0.959. The zero-order chi connectivity index (χ0) is 15.4. The van der Waals surface area contributed by atoms with E-state index in [4.69, 9.17) is 0 Å². The number of thiophene rings is 1. The molecular formula is C16H13BrN2OS. The first-order chi connectivity index (χ1) is 9.99. The van der Waals surface area contributed by atoms with Crippen molar-refractivity contribution in [1.29, 1.82) is 5.26 Å². The second kappa shape index (κ2) is 6.70. The fraction of sp³-hybridized carbons (Fsp3) is 0.125. The van der Waals surface area contributed by atoms with Crippen LogP contribution in [0.3, 0.4) is 0 Å². The number of benzene rings is 1. The molecule has 0 aliphatic heterocycles. The van der Waals surface area contributed by atoms with E-state index in [1.54, 1.807) is 6.08 Å². The van der Waals surface area contributed by atoms with Crippen LogP contribution in [0.1, 0.15) is 16.7 Å². The SMILES string of the molecule is Cc1ccc(C)c(NC(=O)/C(C#N)=C/c2csc(Br)c2)c1. The highest BCUT2D eigenvalue weighted by atomic mass is 79.9. The number of anilines is 1. The van der Waals surface area contributed by atoms with Gasteiger partial charge in [-0.05, 0) is 70.1 Å². The van der Waals surface area contributed by atoms with Gasteiger partial charge in [0.05, 0.1) is 3.79 Å². The Morgan fingerprint density at radius 1 is 1.38 bits per heavy atom. The first-order valence-corrected chi connectivity index (χ1v) is 7.91. The van der Waals surface area contributed by atoms with Gasteiger partial charge in [0.1, 0.15) is 11.6 Å². The number of amides is 1. The summed E-state index contributed by atoms with van der Waals surface area (Å²) in [5.74, 6) is -0.395. The van der Waals surface area contributed by atoms with Gasteiger partial charge in [0.2, 0.25) is 0 Å². The molecule has 0 fully saturated rings. The molecule has 1 aromatic heterocycles. The minimum atomic E-state index is -0.395. The van der Waals surface area contributed by atoms with Crippen LogP contribution in [-0.4, -0.2) is 5.91 Å². The third-order valence-electron chi connectivity index (χ3n) is 2.91. The predicted molar refractivity (Wildman–Crippen MR) is 90.2 cm³/mol. The standard InChI is InChI=1S/C16H13BrN2OS/c1-10-3-4-11(2)14(5-10)19-16(20)13(8-18)6-12-7-15(17)21-9-12/h3-7,9H,1-2H3,(H,19,20)/b13-6+. The van der Waals surface area contributed by atoms with Gasteiger partial charge >= 0.3 is 0 Å². The van der Waals surface area contributed by atoms with Crippen molar-refractivity contribution in [3.05, 3.63) is 55.7 Å². The molecule has 2 aromatic rings. The van der Waals surface area contributed by atoms with Gasteiger partial charge in [-0.15, -0.1) is 11.3 Å². The van der Waals surface area contributed by atoms with Gasteiger partial charge in [0, 0.05) is 5.69 Å². The number of nitrogens with zero attached hydrogens (tertiary/aromatic N) is 1. The number of carbonyl (C=O) groups excluding carboxylic acids is 1. The van der Waals surface area contributed by atoms with Crippen molar-refractivity contribution >= 4 is 44.9 Å². The molecule has 1 aromatic carbocycles. The van der Waals surface area contributed by atoms with E-state index >= 15 is 0 Å². The number of nitrogens with one attached hydrogen (secondary N) is 1. The van der Waals surface area contributed by atoms with Gasteiger partial charge in [0.25, 0.3) is 5.91 Å². The summed E-state index contributed by atoms with van der Waals surface area (Å²) in [6.45, 7) is 3.87. The van der Waals surface area contributed by atoms with E-state index in [1.165, 1.54) is 11.3 Å². The van der Waals surface area contributed by atoms with Crippen molar-refractivity contribution in [2.45, 2.75) is 13.8 Å². The molecule has 1 heterocycles. The van der Waals surface area contributed by atoms with Gasteiger partial charge in [-0.1, -0.05) is 12.1 Å². The van der Waals surface area contributed by atoms with Crippen LogP contribution in [0, 0.1) is 25.2 Å². The minimum Gasteiger partial charge on any atom is -0.321 e. The Labute approximate surface area is 136 Å². The maximum Gasteiger partial charge on any atom is 0.266 e. The van der Waals surface area contributed by atoms with E-state index in [-0.39, 0.29) is 5.57 Å². The maximum absolute atomic E-state index is 12.2. The summed E-state index contributed by atoms with van der Waals surface area (Å²) in [5.41, 5.74) is 3.66. The van der Waals surface area contributed by atoms with Crippen LogP contribution in [0.25, 0.3) is 6.08 Å². The van der Waals surface area contributed by atoms with Crippen LogP contribution in [0.2, 0.25) is 0 Å². The molecule has 0 aliphatic carbocycles. The highest BCUT2D eigenvalue weighted by Crippen LogP contribution is 2.23. The highest BCUT2D eigenvalue weighted by Gasteiger charge is 2.11. The van der Waals surface area contributed by atoms with Gasteiger partial charge in [-0.3, -0.25) is 4.79 Å². The number of carbonyl (C=O) groups is 1. The summed E-state index contributed by atoms with van der Waals surface area (Å²) in [6.07, 6.45) is 1.59. The van der Waals surface area contributed by atoms with Crippen LogP contribution >= 0.6 is 27.3 Å². The summed E-state index contributed by atoms with van der Waals surface area (Å²) in [4.78, 5) is 12.2. The lowest BCUT2D eigenvalue weighted by molar-refractivity contribution is -0.112. The van der Waals surface area contributed by atoms with Crippen LogP contribution in [0.4, 0.5) is 5.69 Å². The van der Waals surface area contributed by atoms with E-state index < -0.39 is 5.91 Å². The average molecular weight is 361 g/mol. The largest absolute Gasteiger partial charge is 0.321 e. The Balaban J connectivity index is 2.23. The number of aryl methyl sites for hydroxylation is 2. The van der Waals surface area contributed by atoms with E-state index in [1.807, 2.05) is 49.6 Å². The predicted octanol–water partition coefficient (Wildman–Crippen LogP) is 4.67. The van der Waals surface area contributed by atoms with Crippen LogP contribution < -0.4 is 5.32 Å². The molecule has 0 unspecified atom stereocenters. The van der Waals surface area contributed by atoms with Crippen molar-refractivity contribution in [2.75, 3.05) is 5.32 Å². The Kier molecular flexibility index (Phi) is 4.94. The topological polar surface area (TPSA) is 52.9 Å². The fourth-order valence-corrected chi connectivity index (χ4v) is 2.91. The monoisotopic (exact) mass is 360 g/mol. The lowest BCUT2D eigenvalue weighted by Crippen LogP contribution is -2.14. The van der Waals surface area contributed by atoms with Crippen molar-refractivity contribution < 1.29 is 4.79 Å². The van der Waals surface area contributed by atoms with Crippen LogP contribution in [-0.2, 0) is 4.79 Å². The van der Waals surface area contributed by atoms with Crippen molar-refractivity contribution in [2.24, 2.45) is 0 Å². The number of rotatable bonds is 3. The summed E-state index contributed by atoms with van der Waals surface area (Å²) in [7, 11) is 0. The van der Waals surface area contributed by atoms with Gasteiger partial charge < -0.3 is 5.32 Å². The molecular weight excluding hydrogens is 348 g/mol. The van der Waals surface area contributed by atoms with E-state index in [0.29, 0.717) is 0 Å². The molecule has 1 N–H and O–H groups in total. The van der Waals surface area contributed by atoms with Crippen molar-refractivity contribution in [3.63, 3.8) is 0 Å². The summed E-state index contributed by atoms with van der Waals surface area (Å²) in [6, 6.07) is 9.64. The molecule has 5 heteroatoms. The first kappa shape index (κ1) is 15.5. The van der Waals surface area contributed by atoms with Crippen LogP contribution in [0.5, 0.6) is 0 Å². The number of nitriles is 1. The minimum absolute atomic E-state index is 0.0845. The average Bonchev–Trinajstić information content (AvgIpc) is 2.85. The maximum atomic E-state index is 12.2. The zero-order valence-corrected chi connectivity index (χ0v) is 14.0. The Morgan fingerprint density at radius 3 is 2.76 bits per heavy atom. The second-order valence-corrected chi connectivity index (χ2v) is 6.92. The number of hydrogen-bond donors (Lipinski definition) is 1. The summed E-state index contributed by atoms with van der Waals surface area (Å²) in [5, 5.41) is 13.9. The molecule has 3 nitrogen and oxygen atoms in total. The molecule has 0 atom stereocenters. The van der Waals surface area contributed by atoms with Gasteiger partial charge in [-0.25, -0.2) is 0 Å². The second-order valence-electron chi connectivity index (χ2n) is 4.63. The Bertz CT molecular complexity index is 756. The molecule has 0 saturated carbocycles. The molecule has 0 bridgehead atoms. The molecule has 2 rings (SSSR count). The highest BCUT2D eigenvalue weighted by molar-refractivity contribution is 9.11. The lowest BCUT2D eigenvalue weighted by Gasteiger charge is -2.08. The van der Waals surface area contributed by atoms with E-state index in [9.17, 15) is 10.1 Å². The van der Waals surface area contributed by atoms with Crippen LogP contribution in [0.15, 0.2) is 39.0 Å². The van der Waals surface area contributed by atoms with E-state index in [0.717, 1.165) is 26.2 Å². The molecule has 1 amide bonds. The summed E-state index contributed by atoms with van der Waals surface area (Å²) >= 11 is 4.87. The van der Waals surface area contributed by atoms with Crippen molar-refractivity contribution in [1.82, 2.24) is 0 Å². The molecule has 0 saturated heterocycles. The quantitative estimate of drug-likeness (QED) is 0.638. The third-order valence-corrected chi connectivity index (χ3v) is 4.43. The number of hydrogen-bond acceptors (Lipinski definition) is 3.